The molecule has 2 rings (SSSR count). The fourth-order valence-electron chi connectivity index (χ4n) is 1.82. The van der Waals surface area contributed by atoms with Crippen LogP contribution in [0.15, 0.2) is 47.4 Å². The molecule has 112 valence electrons. The van der Waals surface area contributed by atoms with Gasteiger partial charge in [0.05, 0.1) is 0 Å². The van der Waals surface area contributed by atoms with Crippen LogP contribution in [0.3, 0.4) is 0 Å². The van der Waals surface area contributed by atoms with Crippen molar-refractivity contribution < 1.29 is 17.2 Å². The van der Waals surface area contributed by atoms with E-state index in [4.69, 9.17) is 5.73 Å². The second kappa shape index (κ2) is 5.79. The maximum absolute atomic E-state index is 13.7. The third-order valence-electron chi connectivity index (χ3n) is 2.96. The highest BCUT2D eigenvalue weighted by atomic mass is 32.2. The van der Waals surface area contributed by atoms with E-state index in [0.29, 0.717) is 5.56 Å². The minimum absolute atomic E-state index is 0.00312. The molecule has 0 bridgehead atoms. The molecule has 0 aliphatic carbocycles. The summed E-state index contributed by atoms with van der Waals surface area (Å²) in [4.78, 5) is -0.480. The van der Waals surface area contributed by atoms with E-state index in [-0.39, 0.29) is 12.2 Å². The molecular weight excluding hydrogens is 298 g/mol. The maximum Gasteiger partial charge on any atom is 0.246 e. The van der Waals surface area contributed by atoms with Gasteiger partial charge >= 0.3 is 0 Å². The van der Waals surface area contributed by atoms with Crippen molar-refractivity contribution >= 4 is 15.7 Å². The van der Waals surface area contributed by atoms with Crippen LogP contribution in [0.2, 0.25) is 0 Å². The Bertz CT molecular complexity index is 746. The summed E-state index contributed by atoms with van der Waals surface area (Å²) in [7, 11) is -2.70. The number of anilines is 1. The lowest BCUT2D eigenvalue weighted by Crippen LogP contribution is -2.27. The summed E-state index contributed by atoms with van der Waals surface area (Å²) in [5.41, 5.74) is 6.25. The van der Waals surface area contributed by atoms with Crippen LogP contribution >= 0.6 is 0 Å². The third kappa shape index (κ3) is 3.37. The van der Waals surface area contributed by atoms with Crippen LogP contribution in [0.1, 0.15) is 5.56 Å². The molecule has 0 spiro atoms. The van der Waals surface area contributed by atoms with Crippen molar-refractivity contribution in [2.24, 2.45) is 0 Å². The summed E-state index contributed by atoms with van der Waals surface area (Å²) in [6, 6.07) is 8.77. The predicted octanol–water partition coefficient (Wildman–Crippen LogP) is 2.37. The van der Waals surface area contributed by atoms with Crippen LogP contribution in [-0.2, 0) is 16.6 Å². The maximum atomic E-state index is 13.7. The molecule has 0 amide bonds. The van der Waals surface area contributed by atoms with Crippen LogP contribution in [0.25, 0.3) is 0 Å². The molecule has 0 aliphatic heterocycles. The van der Waals surface area contributed by atoms with Crippen LogP contribution in [0.4, 0.5) is 14.5 Å². The van der Waals surface area contributed by atoms with Crippen molar-refractivity contribution in [1.29, 1.82) is 0 Å². The lowest BCUT2D eigenvalue weighted by Gasteiger charge is -2.18. The van der Waals surface area contributed by atoms with Gasteiger partial charge in [0.15, 0.2) is 0 Å². The predicted molar refractivity (Wildman–Crippen MR) is 75.9 cm³/mol. The van der Waals surface area contributed by atoms with Crippen molar-refractivity contribution in [3.8, 4) is 0 Å². The highest BCUT2D eigenvalue weighted by Gasteiger charge is 2.24. The number of sulfonamides is 1. The third-order valence-corrected chi connectivity index (χ3v) is 4.78. The number of nitrogens with two attached hydrogens (primary N) is 1. The van der Waals surface area contributed by atoms with E-state index >= 15 is 0 Å². The van der Waals surface area contributed by atoms with Crippen molar-refractivity contribution in [1.82, 2.24) is 4.31 Å². The molecule has 4 nitrogen and oxygen atoms in total. The molecule has 0 fully saturated rings. The fraction of sp³-hybridized carbons (Fsp3) is 0.143. The molecule has 0 saturated heterocycles. The first kappa shape index (κ1) is 15.4. The fourth-order valence-corrected chi connectivity index (χ4v) is 3.07. The molecule has 0 aromatic heterocycles. The molecular formula is C14H14F2N2O2S. The van der Waals surface area contributed by atoms with Gasteiger partial charge in [-0.15, -0.1) is 0 Å². The number of nitrogen functional groups attached to an aromatic ring is 1. The van der Waals surface area contributed by atoms with Gasteiger partial charge in [-0.3, -0.25) is 0 Å². The summed E-state index contributed by atoms with van der Waals surface area (Å²) < 4.78 is 52.2. The Labute approximate surface area is 121 Å². The van der Waals surface area contributed by atoms with Crippen molar-refractivity contribution in [2.75, 3.05) is 12.8 Å². The monoisotopic (exact) mass is 312 g/mol. The summed E-state index contributed by atoms with van der Waals surface area (Å²) >= 11 is 0. The van der Waals surface area contributed by atoms with Crippen LogP contribution in [0.5, 0.6) is 0 Å². The lowest BCUT2D eigenvalue weighted by atomic mass is 10.2. The van der Waals surface area contributed by atoms with Gasteiger partial charge < -0.3 is 5.73 Å². The van der Waals surface area contributed by atoms with Crippen molar-refractivity contribution in [3.05, 3.63) is 59.7 Å². The Morgan fingerprint density at radius 3 is 2.33 bits per heavy atom. The molecule has 0 saturated carbocycles. The summed E-state index contributed by atoms with van der Waals surface area (Å²) in [5, 5.41) is 0. The van der Waals surface area contributed by atoms with Gasteiger partial charge in [0.2, 0.25) is 10.0 Å². The van der Waals surface area contributed by atoms with Crippen molar-refractivity contribution in [3.63, 3.8) is 0 Å². The van der Waals surface area contributed by atoms with E-state index in [2.05, 4.69) is 0 Å². The standard InChI is InChI=1S/C14H14F2N2O2S/c1-18(9-10-2-4-11(15)5-3-10)21(19,20)14-8-12(17)6-7-13(14)16/h2-8H,9,17H2,1H3. The Morgan fingerprint density at radius 2 is 1.71 bits per heavy atom. The zero-order chi connectivity index (χ0) is 15.6. The second-order valence-electron chi connectivity index (χ2n) is 4.58. The number of hydrogen-bond donors (Lipinski definition) is 1. The normalized spacial score (nSPS) is 11.8. The summed E-state index contributed by atoms with van der Waals surface area (Å²) in [5.74, 6) is -1.28. The Kier molecular flexibility index (Phi) is 4.24. The number of halogens is 2. The quantitative estimate of drug-likeness (QED) is 0.882. The number of hydrogen-bond acceptors (Lipinski definition) is 3. The minimum Gasteiger partial charge on any atom is -0.399 e. The molecule has 0 heterocycles. The second-order valence-corrected chi connectivity index (χ2v) is 6.59. The SMILES string of the molecule is CN(Cc1ccc(F)cc1)S(=O)(=O)c1cc(N)ccc1F. The highest BCUT2D eigenvalue weighted by molar-refractivity contribution is 7.89. The molecule has 2 aromatic rings. The zero-order valence-corrected chi connectivity index (χ0v) is 12.1. The molecule has 21 heavy (non-hydrogen) atoms. The molecule has 0 unspecified atom stereocenters. The van der Waals surface area contributed by atoms with E-state index < -0.39 is 26.6 Å². The average Bonchev–Trinajstić information content (AvgIpc) is 2.43. The molecule has 7 heteroatoms. The zero-order valence-electron chi connectivity index (χ0n) is 11.3. The topological polar surface area (TPSA) is 63.4 Å². The number of rotatable bonds is 4. The molecule has 2 aromatic carbocycles. The smallest absolute Gasteiger partial charge is 0.246 e. The van der Waals surface area contributed by atoms with Crippen LogP contribution in [0, 0.1) is 11.6 Å². The first-order chi connectivity index (χ1) is 9.80. The van der Waals surface area contributed by atoms with E-state index in [1.807, 2.05) is 0 Å². The molecule has 0 atom stereocenters. The average molecular weight is 312 g/mol. The first-order valence-corrected chi connectivity index (χ1v) is 7.50. The Hall–Kier alpha value is -1.99. The Balaban J connectivity index is 2.30. The van der Waals surface area contributed by atoms with Gasteiger partial charge in [-0.05, 0) is 35.9 Å². The van der Waals surface area contributed by atoms with Crippen LogP contribution in [-0.4, -0.2) is 19.8 Å². The van der Waals surface area contributed by atoms with Gasteiger partial charge in [0.1, 0.15) is 16.5 Å². The Morgan fingerprint density at radius 1 is 1.10 bits per heavy atom. The summed E-state index contributed by atoms with van der Waals surface area (Å²) in [6.45, 7) is -0.00312. The number of benzene rings is 2. The van der Waals surface area contributed by atoms with E-state index in [1.54, 1.807) is 0 Å². The van der Waals surface area contributed by atoms with Crippen LogP contribution < -0.4 is 5.73 Å². The molecule has 0 radical (unpaired) electrons. The van der Waals surface area contributed by atoms with Crippen molar-refractivity contribution in [2.45, 2.75) is 11.4 Å². The van der Waals surface area contributed by atoms with E-state index in [0.717, 1.165) is 16.4 Å². The lowest BCUT2D eigenvalue weighted by molar-refractivity contribution is 0.459. The van der Waals surface area contributed by atoms with E-state index in [1.165, 1.54) is 37.4 Å². The first-order valence-electron chi connectivity index (χ1n) is 6.06. The van der Waals surface area contributed by atoms with Gasteiger partial charge in [0, 0.05) is 19.3 Å². The summed E-state index contributed by atoms with van der Waals surface area (Å²) in [6.07, 6.45) is 0. The molecule has 0 aliphatic rings. The van der Waals surface area contributed by atoms with Gasteiger partial charge in [-0.2, -0.15) is 4.31 Å². The van der Waals surface area contributed by atoms with Gasteiger partial charge in [-0.25, -0.2) is 17.2 Å². The number of nitrogens with zero attached hydrogens (tertiary/aromatic N) is 1. The van der Waals surface area contributed by atoms with Gasteiger partial charge in [0.25, 0.3) is 0 Å². The largest absolute Gasteiger partial charge is 0.399 e. The highest BCUT2D eigenvalue weighted by Crippen LogP contribution is 2.22. The molecule has 2 N–H and O–H groups in total. The van der Waals surface area contributed by atoms with Gasteiger partial charge in [-0.1, -0.05) is 12.1 Å². The van der Waals surface area contributed by atoms with E-state index in [9.17, 15) is 17.2 Å². The minimum atomic E-state index is -4.02.